The lowest BCUT2D eigenvalue weighted by Gasteiger charge is -2.31. The van der Waals surface area contributed by atoms with Crippen molar-refractivity contribution < 1.29 is 9.59 Å². The fourth-order valence-corrected chi connectivity index (χ4v) is 13.5. The van der Waals surface area contributed by atoms with Gasteiger partial charge in [-0.2, -0.15) is 0 Å². The van der Waals surface area contributed by atoms with Gasteiger partial charge < -0.3 is 0 Å². The Bertz CT molecular complexity index is 496. The molecule has 0 N–H and O–H groups in total. The van der Waals surface area contributed by atoms with Crippen LogP contribution in [0.15, 0.2) is 10.6 Å². The number of allylic oxidation sites excluding steroid dienone is 2. The summed E-state index contributed by atoms with van der Waals surface area (Å²) in [6, 6.07) is 0. The van der Waals surface area contributed by atoms with Crippen molar-refractivity contribution in [3.05, 3.63) is 10.6 Å². The molecule has 1 aliphatic carbocycles. The minimum absolute atomic E-state index is 0.196. The number of hydrogen-bond acceptors (Lipinski definition) is 2. The Labute approximate surface area is 156 Å². The van der Waals surface area contributed by atoms with Crippen LogP contribution in [0.25, 0.3) is 0 Å². The molecule has 2 aliphatic heterocycles. The van der Waals surface area contributed by atoms with Gasteiger partial charge in [0, 0.05) is 10.6 Å². The zero-order valence-electron chi connectivity index (χ0n) is 16.4. The molecule has 0 bridgehead atoms. The van der Waals surface area contributed by atoms with Crippen molar-refractivity contribution in [3.8, 4) is 0 Å². The molecule has 2 unspecified atom stereocenters. The highest BCUT2D eigenvalue weighted by Gasteiger charge is 2.48. The van der Waals surface area contributed by atoms with Gasteiger partial charge in [-0.1, -0.05) is 43.5 Å². The van der Waals surface area contributed by atoms with Crippen LogP contribution in [0.3, 0.4) is 0 Å². The zero-order chi connectivity index (χ0) is 18.1. The molecule has 5 atom stereocenters. The van der Waals surface area contributed by atoms with E-state index in [2.05, 4.69) is 27.7 Å². The molecule has 0 aromatic rings. The molecule has 4 heteroatoms. The molecule has 3 aliphatic rings. The van der Waals surface area contributed by atoms with E-state index in [9.17, 15) is 9.59 Å². The molecule has 2 fully saturated rings. The molecule has 0 spiro atoms. The first-order valence-corrected chi connectivity index (χ1v) is 13.4. The summed E-state index contributed by atoms with van der Waals surface area (Å²) >= 11 is 0. The van der Waals surface area contributed by atoms with Gasteiger partial charge in [-0.3, -0.25) is 9.59 Å². The van der Waals surface area contributed by atoms with Crippen LogP contribution in [0.4, 0.5) is 0 Å². The molecule has 2 saturated heterocycles. The summed E-state index contributed by atoms with van der Waals surface area (Å²) in [6.45, 7) is 9.13. The lowest BCUT2D eigenvalue weighted by Crippen LogP contribution is -2.11. The van der Waals surface area contributed by atoms with E-state index in [0.717, 1.165) is 10.6 Å². The maximum atomic E-state index is 13.0. The normalized spacial score (nSPS) is 36.9. The fraction of sp³-hybridized carbons (Fsp3) is 0.810. The van der Waals surface area contributed by atoms with Crippen molar-refractivity contribution in [3.63, 3.8) is 0 Å². The van der Waals surface area contributed by atoms with Crippen LogP contribution in [0, 0.1) is 0 Å². The minimum Gasteiger partial charge on any atom is -0.294 e. The second-order valence-electron chi connectivity index (χ2n) is 7.94. The molecule has 140 valence electrons. The van der Waals surface area contributed by atoms with Gasteiger partial charge in [-0.05, 0) is 74.0 Å². The van der Waals surface area contributed by atoms with E-state index in [0.29, 0.717) is 22.6 Å². The number of carbonyl (C=O) groups excluding carboxylic acids is 2. The number of carbonyl (C=O) groups is 2. The zero-order valence-corrected chi connectivity index (χ0v) is 18.2. The molecular formula is C21H34O2P2. The van der Waals surface area contributed by atoms with Crippen molar-refractivity contribution >= 4 is 27.4 Å². The van der Waals surface area contributed by atoms with Crippen LogP contribution in [-0.4, -0.2) is 34.2 Å². The highest BCUT2D eigenvalue weighted by molar-refractivity contribution is 7.70. The monoisotopic (exact) mass is 380 g/mol. The van der Waals surface area contributed by atoms with Gasteiger partial charge in [0.25, 0.3) is 0 Å². The number of ketones is 2. The third-order valence-electron chi connectivity index (χ3n) is 6.71. The Kier molecular flexibility index (Phi) is 6.55. The van der Waals surface area contributed by atoms with Crippen molar-refractivity contribution in [1.82, 2.24) is 0 Å². The second kappa shape index (κ2) is 8.31. The summed E-state index contributed by atoms with van der Waals surface area (Å²) in [4.78, 5) is 26.0. The van der Waals surface area contributed by atoms with E-state index in [1.54, 1.807) is 0 Å². The van der Waals surface area contributed by atoms with Crippen LogP contribution < -0.4 is 0 Å². The molecule has 0 saturated carbocycles. The lowest BCUT2D eigenvalue weighted by atomic mass is 10.1. The van der Waals surface area contributed by atoms with Crippen molar-refractivity contribution in [2.45, 2.75) is 108 Å². The Morgan fingerprint density at radius 3 is 1.16 bits per heavy atom. The van der Waals surface area contributed by atoms with Gasteiger partial charge in [0.2, 0.25) is 0 Å². The second-order valence-corrected chi connectivity index (χ2v) is 13.4. The van der Waals surface area contributed by atoms with Crippen LogP contribution in [0.5, 0.6) is 0 Å². The Morgan fingerprint density at radius 2 is 0.920 bits per heavy atom. The quantitative estimate of drug-likeness (QED) is 0.394. The fourth-order valence-electron chi connectivity index (χ4n) is 5.37. The topological polar surface area (TPSA) is 34.1 Å². The Hall–Kier alpha value is -0.0600. The molecular weight excluding hydrogens is 346 g/mol. The molecule has 3 rings (SSSR count). The van der Waals surface area contributed by atoms with Gasteiger partial charge >= 0.3 is 0 Å². The van der Waals surface area contributed by atoms with E-state index in [1.165, 1.54) is 51.4 Å². The van der Waals surface area contributed by atoms with Crippen LogP contribution in [0.1, 0.15) is 85.5 Å². The summed E-state index contributed by atoms with van der Waals surface area (Å²) in [5.41, 5.74) is 2.71. The average Bonchev–Trinajstić information content (AvgIpc) is 3.27. The first kappa shape index (κ1) is 19.7. The van der Waals surface area contributed by atoms with Crippen LogP contribution in [-0.2, 0) is 9.59 Å². The molecule has 0 aromatic carbocycles. The largest absolute Gasteiger partial charge is 0.294 e. The molecule has 0 aromatic heterocycles. The first-order chi connectivity index (χ1) is 12.1. The molecule has 0 amide bonds. The number of hydrogen-bond donors (Lipinski definition) is 0. The van der Waals surface area contributed by atoms with Gasteiger partial charge in [0.15, 0.2) is 11.6 Å². The van der Waals surface area contributed by atoms with E-state index in [1.807, 2.05) is 0 Å². The predicted molar refractivity (Wildman–Crippen MR) is 110 cm³/mol. The lowest BCUT2D eigenvalue weighted by molar-refractivity contribution is -0.120. The highest BCUT2D eigenvalue weighted by atomic mass is 31.1. The predicted octanol–water partition coefficient (Wildman–Crippen LogP) is 6.41. The minimum atomic E-state index is -0.417. The van der Waals surface area contributed by atoms with Gasteiger partial charge in [-0.15, -0.1) is 0 Å². The van der Waals surface area contributed by atoms with E-state index in [-0.39, 0.29) is 18.0 Å². The van der Waals surface area contributed by atoms with Crippen LogP contribution >= 0.6 is 15.8 Å². The summed E-state index contributed by atoms with van der Waals surface area (Å²) in [5.74, 6) is 0.452. The van der Waals surface area contributed by atoms with Crippen molar-refractivity contribution in [2.75, 3.05) is 0 Å². The van der Waals surface area contributed by atoms with Gasteiger partial charge in [-0.25, -0.2) is 0 Å². The molecule has 2 nitrogen and oxygen atoms in total. The molecule has 2 heterocycles. The molecule has 25 heavy (non-hydrogen) atoms. The van der Waals surface area contributed by atoms with E-state index in [4.69, 9.17) is 0 Å². The standard InChI is InChI=1S/C21H34O2P2/c1-5-14-9-10-15(6-2)24(14)20-18(22)13-19(23)21(20)25-16(7-3)11-12-17(25)8-4/h14-17H,5-13H2,1-4H3/t14-,15-,16-,17?,25?/m1/s1. The smallest absolute Gasteiger partial charge is 0.171 e. The summed E-state index contributed by atoms with van der Waals surface area (Å²) in [5, 5.41) is 2.22. The Morgan fingerprint density at radius 1 is 0.640 bits per heavy atom. The number of rotatable bonds is 6. The van der Waals surface area contributed by atoms with Crippen LogP contribution in [0.2, 0.25) is 0 Å². The summed E-state index contributed by atoms with van der Waals surface area (Å²) in [6.07, 6.45) is 9.97. The highest BCUT2D eigenvalue weighted by Crippen LogP contribution is 2.72. The van der Waals surface area contributed by atoms with Crippen molar-refractivity contribution in [2.24, 2.45) is 0 Å². The third-order valence-corrected chi connectivity index (χ3v) is 14.5. The van der Waals surface area contributed by atoms with Crippen molar-refractivity contribution in [1.29, 1.82) is 0 Å². The third kappa shape index (κ3) is 3.43. The first-order valence-electron chi connectivity index (χ1n) is 10.4. The summed E-state index contributed by atoms with van der Waals surface area (Å²) < 4.78 is 0. The molecule has 0 radical (unpaired) electrons. The Balaban J connectivity index is 2.08. The summed E-state index contributed by atoms with van der Waals surface area (Å²) in [7, 11) is -0.835. The van der Waals surface area contributed by atoms with E-state index >= 15 is 0 Å². The van der Waals surface area contributed by atoms with Gasteiger partial charge in [0.05, 0.1) is 6.42 Å². The number of Topliss-reactive ketones (excluding diaryl/α,β-unsaturated/α-hetero) is 2. The van der Waals surface area contributed by atoms with E-state index < -0.39 is 15.8 Å². The SMILES string of the molecule is CCC1CC[C@@H](CC)P1C1=C(P2[C@H](CC)CC[C@H]2CC)C(=O)CC1=O. The maximum Gasteiger partial charge on any atom is 0.171 e. The maximum absolute atomic E-state index is 13.0. The van der Waals surface area contributed by atoms with Gasteiger partial charge in [0.1, 0.15) is 0 Å². The average molecular weight is 380 g/mol.